The molecule has 8 aromatic carbocycles. The number of nitrogens with one attached hydrogen (secondary N) is 1. The Labute approximate surface area is 570 Å². The zero-order valence-corrected chi connectivity index (χ0v) is 56.1. The maximum atomic E-state index is 14.2. The second-order valence-corrected chi connectivity index (χ2v) is 24.9. The number of anilines is 2. The zero-order chi connectivity index (χ0) is 69.6. The molecule has 10 aromatic rings. The average Bonchev–Trinajstić information content (AvgIpc) is 1.25. The van der Waals surface area contributed by atoms with Gasteiger partial charge in [0.1, 0.15) is 29.3 Å². The summed E-state index contributed by atoms with van der Waals surface area (Å²) in [5.41, 5.74) is 5.23. The summed E-state index contributed by atoms with van der Waals surface area (Å²) < 4.78 is 66.9. The normalized spacial score (nSPS) is 11.6. The fourth-order valence-electron chi connectivity index (χ4n) is 11.4. The molecule has 0 aliphatic carbocycles. The first-order chi connectivity index (χ1) is 47.2. The Morgan fingerprint density at radius 1 is 0.653 bits per heavy atom. The highest BCUT2D eigenvalue weighted by Gasteiger charge is 2.42. The molecule has 18 nitrogen and oxygen atoms in total. The first kappa shape index (κ1) is 69.9. The van der Waals surface area contributed by atoms with Crippen molar-refractivity contribution in [3.05, 3.63) is 262 Å². The maximum absolute atomic E-state index is 14.2. The molecule has 2 heterocycles. The SMILES string of the molecule is CCCc1nc(CSc2ccc(NC(=O)COc3ccc(CN(CC(=O)OCC)C(=O)c4cccc(C(F)(F)F)c4)cc3)c(N(C)C(=O)OC(C)(C)C)c2)c(C(=O)OCC)n1Cc1ccc(-c2ccccc2-c2nnnn2C(c2ccccc2)(c2ccccc2)c2ccccc2)cc1. The van der Waals surface area contributed by atoms with Crippen LogP contribution in [0.25, 0.3) is 22.5 Å². The summed E-state index contributed by atoms with van der Waals surface area (Å²) in [6, 6.07) is 62.3. The number of aryl methyl sites for hydroxylation is 1. The van der Waals surface area contributed by atoms with E-state index in [1.165, 1.54) is 41.9 Å². The van der Waals surface area contributed by atoms with Gasteiger partial charge in [-0.25, -0.2) is 19.3 Å². The van der Waals surface area contributed by atoms with Crippen LogP contribution in [0.3, 0.4) is 0 Å². The van der Waals surface area contributed by atoms with Crippen LogP contribution in [-0.4, -0.2) is 104 Å². The van der Waals surface area contributed by atoms with Gasteiger partial charge in [-0.15, -0.1) is 16.9 Å². The summed E-state index contributed by atoms with van der Waals surface area (Å²) in [6.07, 6.45) is -4.08. The van der Waals surface area contributed by atoms with Gasteiger partial charge in [-0.05, 0) is 139 Å². The second kappa shape index (κ2) is 31.3. The van der Waals surface area contributed by atoms with Crippen molar-refractivity contribution in [2.24, 2.45) is 0 Å². The molecule has 0 fully saturated rings. The highest BCUT2D eigenvalue weighted by atomic mass is 32.2. The van der Waals surface area contributed by atoms with E-state index in [1.807, 2.05) is 101 Å². The van der Waals surface area contributed by atoms with E-state index in [1.54, 1.807) is 65.0 Å². The number of imidazole rings is 1. The Bertz CT molecular complexity index is 4320. The number of esters is 2. The molecule has 0 radical (unpaired) electrons. The van der Waals surface area contributed by atoms with Gasteiger partial charge >= 0.3 is 24.2 Å². The van der Waals surface area contributed by atoms with Crippen molar-refractivity contribution in [3.8, 4) is 28.3 Å². The van der Waals surface area contributed by atoms with Gasteiger partial charge < -0.3 is 33.7 Å². The van der Waals surface area contributed by atoms with Gasteiger partial charge in [0.2, 0.25) is 0 Å². The van der Waals surface area contributed by atoms with Crippen molar-refractivity contribution in [1.29, 1.82) is 0 Å². The number of hydrogen-bond acceptors (Lipinski definition) is 14. The number of halogens is 3. The lowest BCUT2D eigenvalue weighted by Gasteiger charge is -2.36. The molecule has 0 aliphatic rings. The number of carbonyl (C=O) groups excluding carboxylic acids is 5. The van der Waals surface area contributed by atoms with Gasteiger partial charge in [0.05, 0.1) is 35.8 Å². The third kappa shape index (κ3) is 16.5. The predicted octanol–water partition coefficient (Wildman–Crippen LogP) is 15.1. The summed E-state index contributed by atoms with van der Waals surface area (Å²) in [6.45, 7) is 9.90. The van der Waals surface area contributed by atoms with Crippen LogP contribution in [0.2, 0.25) is 0 Å². The topological polar surface area (TPSA) is 202 Å². The van der Waals surface area contributed by atoms with E-state index >= 15 is 0 Å². The second-order valence-electron chi connectivity index (χ2n) is 23.9. The van der Waals surface area contributed by atoms with Gasteiger partial charge in [-0.3, -0.25) is 19.3 Å². The van der Waals surface area contributed by atoms with Crippen LogP contribution in [0.5, 0.6) is 5.75 Å². The molecule has 1 N–H and O–H groups in total. The highest BCUT2D eigenvalue weighted by Crippen LogP contribution is 2.44. The molecule has 2 aromatic heterocycles. The summed E-state index contributed by atoms with van der Waals surface area (Å²) in [5.74, 6) is -0.926. The minimum Gasteiger partial charge on any atom is -0.484 e. The molecule has 504 valence electrons. The Balaban J connectivity index is 0.874. The first-order valence-corrected chi connectivity index (χ1v) is 32.9. The predicted molar refractivity (Wildman–Crippen MR) is 369 cm³/mol. The van der Waals surface area contributed by atoms with Crippen LogP contribution in [0, 0.1) is 0 Å². The summed E-state index contributed by atoms with van der Waals surface area (Å²) in [4.78, 5) is 75.9. The standard InChI is InChI=1S/C76H74F3N9O9S/c1-8-23-66-80-64(50-98-60-42-43-63(65(45-60)85(7)73(93)97-74(4,5)6)81-67(89)49-96-59-40-36-51(37-41-59)46-86(48-68(90)94-9-2)71(91)54-24-22-31-58(44-54)76(77,78)79)69(72(92)95-10-3)87(66)47-52-34-38-53(39-35-52)61-32-20-21-33-62(61)70-82-83-84-88(70)75(55-25-14-11-15-26-55,56-27-16-12-17-28-56)57-29-18-13-19-30-57/h11-22,24-45H,8-10,23,46-50H2,1-7H3,(H,81,89). The van der Waals surface area contributed by atoms with E-state index in [4.69, 9.17) is 34.2 Å². The van der Waals surface area contributed by atoms with Crippen LogP contribution in [-0.2, 0) is 60.8 Å². The molecular formula is C76H74F3N9O9S. The van der Waals surface area contributed by atoms with E-state index in [0.29, 0.717) is 52.1 Å². The number of aromatic nitrogens is 6. The smallest absolute Gasteiger partial charge is 0.416 e. The lowest BCUT2D eigenvalue weighted by Crippen LogP contribution is -2.39. The number of ether oxygens (including phenoxy) is 4. The molecule has 0 unspecified atom stereocenters. The molecule has 0 saturated heterocycles. The molecule has 98 heavy (non-hydrogen) atoms. The third-order valence-corrected chi connectivity index (χ3v) is 16.9. The summed E-state index contributed by atoms with van der Waals surface area (Å²) in [5, 5.41) is 16.8. The van der Waals surface area contributed by atoms with Crippen molar-refractivity contribution < 1.29 is 56.1 Å². The maximum Gasteiger partial charge on any atom is 0.416 e. The fraction of sp³-hybridized carbons (Fsp3) is 0.250. The van der Waals surface area contributed by atoms with Gasteiger partial charge in [0.25, 0.3) is 11.8 Å². The molecule has 0 aliphatic heterocycles. The van der Waals surface area contributed by atoms with Gasteiger partial charge in [0.15, 0.2) is 18.1 Å². The Hall–Kier alpha value is -10.9. The van der Waals surface area contributed by atoms with E-state index in [-0.39, 0.29) is 42.5 Å². The van der Waals surface area contributed by atoms with Crippen molar-refractivity contribution in [2.45, 2.75) is 95.4 Å². The monoisotopic (exact) mass is 1350 g/mol. The highest BCUT2D eigenvalue weighted by molar-refractivity contribution is 7.98. The Kier molecular flexibility index (Phi) is 22.4. The summed E-state index contributed by atoms with van der Waals surface area (Å²) in [7, 11) is 1.52. The van der Waals surface area contributed by atoms with Crippen molar-refractivity contribution in [2.75, 3.05) is 43.6 Å². The van der Waals surface area contributed by atoms with Crippen LogP contribution < -0.4 is 15.0 Å². The first-order valence-electron chi connectivity index (χ1n) is 32.0. The van der Waals surface area contributed by atoms with Crippen molar-refractivity contribution >= 4 is 53.0 Å². The number of carbonyl (C=O) groups is 5. The quantitative estimate of drug-likeness (QED) is 0.0232. The lowest BCUT2D eigenvalue weighted by atomic mass is 9.77. The van der Waals surface area contributed by atoms with E-state index in [9.17, 15) is 37.1 Å². The van der Waals surface area contributed by atoms with E-state index in [0.717, 1.165) is 68.5 Å². The van der Waals surface area contributed by atoms with Gasteiger partial charge in [-0.1, -0.05) is 165 Å². The molecule has 0 spiro atoms. The fourth-order valence-corrected chi connectivity index (χ4v) is 12.3. The number of tetrazole rings is 1. The summed E-state index contributed by atoms with van der Waals surface area (Å²) >= 11 is 1.37. The van der Waals surface area contributed by atoms with Crippen LogP contribution in [0.1, 0.15) is 114 Å². The third-order valence-electron chi connectivity index (χ3n) is 15.9. The average molecular weight is 1350 g/mol. The molecule has 3 amide bonds. The molecule has 0 saturated carbocycles. The van der Waals surface area contributed by atoms with Gasteiger partial charge in [0, 0.05) is 48.3 Å². The largest absolute Gasteiger partial charge is 0.484 e. The number of amides is 3. The van der Waals surface area contributed by atoms with Crippen LogP contribution in [0.15, 0.2) is 211 Å². The minimum absolute atomic E-state index is 0.0290. The molecule has 0 atom stereocenters. The Morgan fingerprint density at radius 2 is 1.26 bits per heavy atom. The molecular weight excluding hydrogens is 1270 g/mol. The lowest BCUT2D eigenvalue weighted by molar-refractivity contribution is -0.144. The van der Waals surface area contributed by atoms with E-state index in [2.05, 4.69) is 65.1 Å². The molecule has 22 heteroatoms. The van der Waals surface area contributed by atoms with Crippen LogP contribution >= 0.6 is 11.8 Å². The number of rotatable bonds is 26. The minimum atomic E-state index is -4.69. The Morgan fingerprint density at radius 3 is 1.86 bits per heavy atom. The number of benzene rings is 8. The number of alkyl halides is 3. The van der Waals surface area contributed by atoms with Crippen LogP contribution in [0.4, 0.5) is 29.3 Å². The van der Waals surface area contributed by atoms with Gasteiger partial charge in [-0.2, -0.15) is 13.2 Å². The number of nitrogens with zero attached hydrogens (tertiary/aromatic N) is 8. The number of thioether (sulfide) groups is 1. The van der Waals surface area contributed by atoms with Crippen molar-refractivity contribution in [1.82, 2.24) is 34.7 Å². The molecule has 0 bridgehead atoms. The zero-order valence-electron chi connectivity index (χ0n) is 55.3. The number of hydrogen-bond donors (Lipinski definition) is 1. The van der Waals surface area contributed by atoms with Crippen molar-refractivity contribution in [3.63, 3.8) is 0 Å². The van der Waals surface area contributed by atoms with E-state index < -0.39 is 65.9 Å². The molecule has 10 rings (SSSR count).